The van der Waals surface area contributed by atoms with Gasteiger partial charge in [0.05, 0.1) is 10.4 Å². The normalized spacial score (nSPS) is 18.0. The fraction of sp³-hybridized carbons (Fsp3) is 0.345. The van der Waals surface area contributed by atoms with Crippen LogP contribution in [0.3, 0.4) is 0 Å². The van der Waals surface area contributed by atoms with Crippen molar-refractivity contribution in [2.75, 3.05) is 23.3 Å². The van der Waals surface area contributed by atoms with Gasteiger partial charge in [0, 0.05) is 23.5 Å². The van der Waals surface area contributed by atoms with Gasteiger partial charge in [0.15, 0.2) is 0 Å². The number of benzene rings is 2. The maximum Gasteiger partial charge on any atom is 0.294 e. The number of imide groups is 1. The molecule has 4 rings (SSSR count). The molecule has 188 valence electrons. The second kappa shape index (κ2) is 9.62. The van der Waals surface area contributed by atoms with E-state index in [1.807, 2.05) is 39.0 Å². The summed E-state index contributed by atoms with van der Waals surface area (Å²) in [5.41, 5.74) is 7.88. The van der Waals surface area contributed by atoms with E-state index in [1.165, 1.54) is 11.3 Å². The van der Waals surface area contributed by atoms with Crippen LogP contribution in [-0.4, -0.2) is 40.6 Å². The molecule has 0 saturated carbocycles. The van der Waals surface area contributed by atoms with Crippen molar-refractivity contribution in [1.82, 2.24) is 4.90 Å². The van der Waals surface area contributed by atoms with Gasteiger partial charge in [-0.25, -0.2) is 0 Å². The van der Waals surface area contributed by atoms with Gasteiger partial charge in [0.25, 0.3) is 11.1 Å². The van der Waals surface area contributed by atoms with Crippen LogP contribution in [-0.2, 0) is 9.59 Å². The summed E-state index contributed by atoms with van der Waals surface area (Å²) < 4.78 is 0. The summed E-state index contributed by atoms with van der Waals surface area (Å²) in [7, 11) is 0. The first-order chi connectivity index (χ1) is 16.9. The highest BCUT2D eigenvalue weighted by Crippen LogP contribution is 2.41. The Bertz CT molecular complexity index is 1320. The average Bonchev–Trinajstić information content (AvgIpc) is 3.04. The quantitative estimate of drug-likeness (QED) is 0.484. The number of hydrogen-bond acceptors (Lipinski definition) is 5. The Labute approximate surface area is 217 Å². The average molecular weight is 504 g/mol. The highest BCUT2D eigenvalue weighted by atomic mass is 32.2. The van der Waals surface area contributed by atoms with Crippen LogP contribution in [0.1, 0.15) is 55.5 Å². The van der Waals surface area contributed by atoms with Crippen molar-refractivity contribution < 1.29 is 14.4 Å². The molecule has 0 aliphatic carbocycles. The monoisotopic (exact) mass is 503 g/mol. The number of rotatable bonds is 5. The Kier molecular flexibility index (Phi) is 6.88. The van der Waals surface area contributed by atoms with E-state index in [1.54, 1.807) is 6.08 Å². The second-order valence-corrected chi connectivity index (χ2v) is 11.0. The Morgan fingerprint density at radius 3 is 2.36 bits per heavy atom. The van der Waals surface area contributed by atoms with E-state index < -0.39 is 17.1 Å². The molecule has 3 amide bonds. The van der Waals surface area contributed by atoms with Crippen molar-refractivity contribution in [2.24, 2.45) is 0 Å². The lowest BCUT2D eigenvalue weighted by Gasteiger charge is -2.43. The van der Waals surface area contributed by atoms with Crippen LogP contribution in [0.4, 0.5) is 16.2 Å². The lowest BCUT2D eigenvalue weighted by atomic mass is 9.87. The van der Waals surface area contributed by atoms with Gasteiger partial charge < -0.3 is 10.2 Å². The predicted octanol–water partition coefficient (Wildman–Crippen LogP) is 6.31. The predicted molar refractivity (Wildman–Crippen MR) is 149 cm³/mol. The van der Waals surface area contributed by atoms with E-state index in [2.05, 4.69) is 56.1 Å². The number of likely N-dealkylation sites (N-methyl/N-ethyl adjacent to an activating group) is 1. The molecular weight excluding hydrogens is 470 g/mol. The third-order valence-electron chi connectivity index (χ3n) is 6.89. The summed E-state index contributed by atoms with van der Waals surface area (Å²) >= 11 is 0.876. The molecule has 2 aromatic carbocycles. The number of carbonyl (C=O) groups is 3. The largest absolute Gasteiger partial charge is 0.363 e. The Hall–Kier alpha value is -3.32. The molecule has 0 unspecified atom stereocenters. The van der Waals surface area contributed by atoms with Crippen molar-refractivity contribution in [3.8, 4) is 0 Å². The SMILES string of the molecule is CCN1c2cc(C)c(/C=C3/SC(=O)N(CC(=O)Nc4c(C)cccc4C)C3=O)cc2C(C)=CC1(C)C. The topological polar surface area (TPSA) is 69.7 Å². The fourth-order valence-electron chi connectivity index (χ4n) is 5.09. The van der Waals surface area contributed by atoms with Crippen molar-refractivity contribution in [3.05, 3.63) is 69.1 Å². The summed E-state index contributed by atoms with van der Waals surface area (Å²) in [4.78, 5) is 42.2. The van der Waals surface area contributed by atoms with Gasteiger partial charge in [-0.3, -0.25) is 19.3 Å². The molecule has 0 radical (unpaired) electrons. The van der Waals surface area contributed by atoms with Gasteiger partial charge >= 0.3 is 0 Å². The maximum absolute atomic E-state index is 13.1. The van der Waals surface area contributed by atoms with Crippen molar-refractivity contribution in [3.63, 3.8) is 0 Å². The number of anilines is 2. The molecule has 0 aromatic heterocycles. The summed E-state index contributed by atoms with van der Waals surface area (Å²) in [6.07, 6.45) is 4.04. The number of para-hydroxylation sites is 1. The van der Waals surface area contributed by atoms with Crippen LogP contribution < -0.4 is 10.2 Å². The molecule has 36 heavy (non-hydrogen) atoms. The lowest BCUT2D eigenvalue weighted by molar-refractivity contribution is -0.127. The molecule has 6 nitrogen and oxygen atoms in total. The molecule has 2 aliphatic heterocycles. The third-order valence-corrected chi connectivity index (χ3v) is 7.80. The zero-order chi connectivity index (χ0) is 26.4. The number of fused-ring (bicyclic) bond motifs is 1. The number of aryl methyl sites for hydroxylation is 3. The number of nitrogens with one attached hydrogen (secondary N) is 1. The van der Waals surface area contributed by atoms with Crippen LogP contribution in [0.25, 0.3) is 11.6 Å². The molecule has 1 fully saturated rings. The van der Waals surface area contributed by atoms with Crippen LogP contribution in [0.5, 0.6) is 0 Å². The maximum atomic E-state index is 13.1. The number of carbonyl (C=O) groups excluding carboxylic acids is 3. The molecular formula is C29H33N3O3S. The zero-order valence-corrected chi connectivity index (χ0v) is 22.8. The van der Waals surface area contributed by atoms with Gasteiger partial charge in [-0.1, -0.05) is 24.3 Å². The first-order valence-corrected chi connectivity index (χ1v) is 13.0. The standard InChI is InChI=1S/C29H33N3O3S/c1-8-32-23-12-19(4)21(13-22(23)20(5)15-29(32,6)7)14-24-27(34)31(28(35)36-24)16-25(33)30-26-17(2)10-9-11-18(26)3/h9-15H,8,16H2,1-7H3,(H,30,33)/b24-14+. The Morgan fingerprint density at radius 1 is 1.06 bits per heavy atom. The van der Waals surface area contributed by atoms with Crippen molar-refractivity contribution >= 4 is 51.8 Å². The fourth-order valence-corrected chi connectivity index (χ4v) is 5.92. The zero-order valence-electron chi connectivity index (χ0n) is 22.0. The molecule has 2 heterocycles. The van der Waals surface area contributed by atoms with Gasteiger partial charge in [-0.05, 0) is 106 Å². The van der Waals surface area contributed by atoms with E-state index in [9.17, 15) is 14.4 Å². The van der Waals surface area contributed by atoms with Gasteiger partial charge in [0.1, 0.15) is 6.54 Å². The van der Waals surface area contributed by atoms with Gasteiger partial charge in [-0.2, -0.15) is 0 Å². The van der Waals surface area contributed by atoms with Crippen molar-refractivity contribution in [2.45, 2.75) is 54.0 Å². The lowest BCUT2D eigenvalue weighted by Crippen LogP contribution is -2.44. The molecule has 0 atom stereocenters. The van der Waals surface area contributed by atoms with Gasteiger partial charge in [0.2, 0.25) is 5.91 Å². The van der Waals surface area contributed by atoms with E-state index in [0.717, 1.165) is 51.0 Å². The van der Waals surface area contributed by atoms with Crippen LogP contribution in [0.15, 0.2) is 41.3 Å². The van der Waals surface area contributed by atoms with E-state index in [0.29, 0.717) is 10.6 Å². The van der Waals surface area contributed by atoms with E-state index in [-0.39, 0.29) is 12.1 Å². The number of thioether (sulfide) groups is 1. The highest BCUT2D eigenvalue weighted by Gasteiger charge is 2.37. The molecule has 2 aliphatic rings. The van der Waals surface area contributed by atoms with Crippen LogP contribution >= 0.6 is 11.8 Å². The van der Waals surface area contributed by atoms with Crippen LogP contribution in [0.2, 0.25) is 0 Å². The molecule has 7 heteroatoms. The first-order valence-electron chi connectivity index (χ1n) is 12.2. The van der Waals surface area contributed by atoms with Crippen molar-refractivity contribution in [1.29, 1.82) is 0 Å². The van der Waals surface area contributed by atoms with E-state index >= 15 is 0 Å². The number of allylic oxidation sites excluding steroid dienone is 1. The Morgan fingerprint density at radius 2 is 1.72 bits per heavy atom. The molecule has 2 aromatic rings. The summed E-state index contributed by atoms with van der Waals surface area (Å²) in [5, 5.41) is 2.41. The second-order valence-electron chi connectivity index (χ2n) is 10.0. The number of hydrogen-bond donors (Lipinski definition) is 1. The van der Waals surface area contributed by atoms with Gasteiger partial charge in [-0.15, -0.1) is 0 Å². The molecule has 1 N–H and O–H groups in total. The third kappa shape index (κ3) is 4.72. The Balaban J connectivity index is 1.58. The minimum atomic E-state index is -0.442. The first kappa shape index (κ1) is 25.8. The minimum absolute atomic E-state index is 0.0835. The number of amides is 3. The smallest absolute Gasteiger partial charge is 0.294 e. The summed E-state index contributed by atoms with van der Waals surface area (Å²) in [6.45, 7) is 15.1. The highest BCUT2D eigenvalue weighted by molar-refractivity contribution is 8.18. The summed E-state index contributed by atoms with van der Waals surface area (Å²) in [6, 6.07) is 9.98. The van der Waals surface area contributed by atoms with Crippen LogP contribution in [0, 0.1) is 20.8 Å². The van der Waals surface area contributed by atoms with E-state index in [4.69, 9.17) is 0 Å². The molecule has 0 spiro atoms. The molecule has 0 bridgehead atoms. The number of nitrogens with zero attached hydrogens (tertiary/aromatic N) is 2. The summed E-state index contributed by atoms with van der Waals surface area (Å²) in [5.74, 6) is -0.841. The minimum Gasteiger partial charge on any atom is -0.363 e. The molecule has 1 saturated heterocycles.